The number of nitrogens with zero attached hydrogens (tertiary/aromatic N) is 1. The first-order valence-electron chi connectivity index (χ1n) is 6.66. The predicted octanol–water partition coefficient (Wildman–Crippen LogP) is 2.68. The zero-order valence-corrected chi connectivity index (χ0v) is 12.7. The number of ether oxygens (including phenoxy) is 2. The van der Waals surface area contributed by atoms with E-state index in [0.717, 1.165) is 19.6 Å². The number of alkyl halides is 1. The maximum Gasteiger partial charge on any atom is 0.0700 e. The maximum absolute atomic E-state index is 5.48. The minimum atomic E-state index is 0.677. The Labute approximate surface area is 114 Å². The molecular weight excluding hydrogens is 282 g/mol. The van der Waals surface area contributed by atoms with Crippen LogP contribution in [0.15, 0.2) is 0 Å². The van der Waals surface area contributed by atoms with E-state index in [-0.39, 0.29) is 0 Å². The quantitative estimate of drug-likeness (QED) is 0.508. The molecule has 2 atom stereocenters. The van der Waals surface area contributed by atoms with Crippen LogP contribution >= 0.6 is 15.9 Å². The Bertz CT molecular complexity index is 192. The van der Waals surface area contributed by atoms with E-state index in [2.05, 4.69) is 27.9 Å². The van der Waals surface area contributed by atoms with Crippen molar-refractivity contribution in [3.05, 3.63) is 0 Å². The van der Waals surface area contributed by atoms with Crippen molar-refractivity contribution in [1.82, 2.24) is 4.90 Å². The number of halogens is 1. The molecule has 17 heavy (non-hydrogen) atoms. The van der Waals surface area contributed by atoms with Crippen LogP contribution in [0.25, 0.3) is 0 Å². The van der Waals surface area contributed by atoms with Crippen LogP contribution in [0.5, 0.6) is 0 Å². The van der Waals surface area contributed by atoms with Gasteiger partial charge in [0.1, 0.15) is 0 Å². The molecule has 1 aliphatic carbocycles. The fourth-order valence-corrected chi connectivity index (χ4v) is 3.38. The highest BCUT2D eigenvalue weighted by Gasteiger charge is 2.25. The van der Waals surface area contributed by atoms with Crippen molar-refractivity contribution in [2.24, 2.45) is 0 Å². The highest BCUT2D eigenvalue weighted by molar-refractivity contribution is 9.09. The molecule has 1 aliphatic rings. The van der Waals surface area contributed by atoms with Gasteiger partial charge in [-0.3, -0.25) is 0 Å². The number of hydrogen-bond donors (Lipinski definition) is 0. The van der Waals surface area contributed by atoms with Crippen molar-refractivity contribution in [1.29, 1.82) is 0 Å². The highest BCUT2D eigenvalue weighted by Crippen LogP contribution is 2.27. The fourth-order valence-electron chi connectivity index (χ4n) is 2.39. The van der Waals surface area contributed by atoms with Crippen molar-refractivity contribution in [2.45, 2.75) is 43.0 Å². The molecule has 2 unspecified atom stereocenters. The summed E-state index contributed by atoms with van der Waals surface area (Å²) in [6, 6.07) is 0.711. The molecule has 4 heteroatoms. The summed E-state index contributed by atoms with van der Waals surface area (Å²) >= 11 is 3.81. The molecule has 0 aromatic rings. The van der Waals surface area contributed by atoms with Gasteiger partial charge in [-0.25, -0.2) is 0 Å². The van der Waals surface area contributed by atoms with E-state index in [1.54, 1.807) is 7.11 Å². The summed E-state index contributed by atoms with van der Waals surface area (Å²) < 4.78 is 10.4. The normalized spacial score (nSPS) is 25.4. The number of rotatable bonds is 8. The van der Waals surface area contributed by atoms with Crippen molar-refractivity contribution in [3.8, 4) is 0 Å². The molecule has 3 nitrogen and oxygen atoms in total. The second-order valence-electron chi connectivity index (χ2n) is 4.81. The van der Waals surface area contributed by atoms with Crippen LogP contribution in [0.3, 0.4) is 0 Å². The lowest BCUT2D eigenvalue weighted by atomic mass is 9.94. The van der Waals surface area contributed by atoms with Gasteiger partial charge in [0.2, 0.25) is 0 Å². The van der Waals surface area contributed by atoms with Gasteiger partial charge >= 0.3 is 0 Å². The van der Waals surface area contributed by atoms with Crippen LogP contribution in [0.2, 0.25) is 0 Å². The third-order valence-electron chi connectivity index (χ3n) is 3.44. The van der Waals surface area contributed by atoms with E-state index in [0.29, 0.717) is 24.1 Å². The lowest BCUT2D eigenvalue weighted by Gasteiger charge is -2.35. The van der Waals surface area contributed by atoms with Crippen molar-refractivity contribution in [3.63, 3.8) is 0 Å². The summed E-state index contributed by atoms with van der Waals surface area (Å²) in [5.74, 6) is 0. The molecule has 0 aromatic heterocycles. The Morgan fingerprint density at radius 3 is 2.65 bits per heavy atom. The van der Waals surface area contributed by atoms with Crippen LogP contribution in [0.1, 0.15) is 32.1 Å². The number of methoxy groups -OCH3 is 1. The fraction of sp³-hybridized carbons (Fsp3) is 1.00. The Morgan fingerprint density at radius 2 is 1.94 bits per heavy atom. The van der Waals surface area contributed by atoms with Crippen LogP contribution in [-0.2, 0) is 9.47 Å². The second kappa shape index (κ2) is 9.31. The van der Waals surface area contributed by atoms with E-state index >= 15 is 0 Å². The third kappa shape index (κ3) is 6.18. The van der Waals surface area contributed by atoms with Gasteiger partial charge in [0, 0.05) is 31.1 Å². The smallest absolute Gasteiger partial charge is 0.0700 e. The predicted molar refractivity (Wildman–Crippen MR) is 74.9 cm³/mol. The monoisotopic (exact) mass is 307 g/mol. The third-order valence-corrected chi connectivity index (χ3v) is 4.51. The molecule has 0 N–H and O–H groups in total. The largest absolute Gasteiger partial charge is 0.382 e. The molecule has 0 saturated heterocycles. The maximum atomic E-state index is 5.48. The van der Waals surface area contributed by atoms with Crippen LogP contribution < -0.4 is 0 Å². The second-order valence-corrected chi connectivity index (χ2v) is 5.98. The van der Waals surface area contributed by atoms with Crippen molar-refractivity contribution >= 4 is 15.9 Å². The summed E-state index contributed by atoms with van der Waals surface area (Å²) in [4.78, 5) is 3.16. The van der Waals surface area contributed by atoms with E-state index in [9.17, 15) is 0 Å². The van der Waals surface area contributed by atoms with Crippen molar-refractivity contribution in [2.75, 3.05) is 40.5 Å². The molecule has 0 spiro atoms. The molecule has 1 fully saturated rings. The molecule has 0 bridgehead atoms. The van der Waals surface area contributed by atoms with Gasteiger partial charge in [-0.2, -0.15) is 0 Å². The Balaban J connectivity index is 2.05. The molecular formula is C13H26BrNO2. The highest BCUT2D eigenvalue weighted by atomic mass is 79.9. The lowest BCUT2D eigenvalue weighted by Crippen LogP contribution is -2.41. The molecule has 1 rings (SSSR count). The summed E-state index contributed by atoms with van der Waals surface area (Å²) in [5.41, 5.74) is 0. The van der Waals surface area contributed by atoms with Crippen LogP contribution in [0, 0.1) is 0 Å². The molecule has 0 amide bonds. The van der Waals surface area contributed by atoms with Gasteiger partial charge in [0.15, 0.2) is 0 Å². The first kappa shape index (κ1) is 15.4. The Morgan fingerprint density at radius 1 is 1.18 bits per heavy atom. The van der Waals surface area contributed by atoms with E-state index < -0.39 is 0 Å². The zero-order valence-electron chi connectivity index (χ0n) is 11.2. The molecule has 0 radical (unpaired) electrons. The number of hydrogen-bond acceptors (Lipinski definition) is 3. The first-order valence-corrected chi connectivity index (χ1v) is 7.58. The molecule has 102 valence electrons. The molecule has 1 saturated carbocycles. The first-order chi connectivity index (χ1) is 8.25. The van der Waals surface area contributed by atoms with Gasteiger partial charge in [-0.1, -0.05) is 28.8 Å². The molecule has 0 aliphatic heterocycles. The minimum absolute atomic E-state index is 0.677. The van der Waals surface area contributed by atoms with Gasteiger partial charge < -0.3 is 14.4 Å². The van der Waals surface area contributed by atoms with Crippen LogP contribution in [-0.4, -0.2) is 56.3 Å². The zero-order chi connectivity index (χ0) is 12.5. The van der Waals surface area contributed by atoms with E-state index in [4.69, 9.17) is 9.47 Å². The summed E-state index contributed by atoms with van der Waals surface area (Å²) in [5, 5.41) is 0. The van der Waals surface area contributed by atoms with Gasteiger partial charge in [0.25, 0.3) is 0 Å². The SMILES string of the molecule is COCCOCCCN(C)C1CCCCC1Br. The van der Waals surface area contributed by atoms with E-state index in [1.165, 1.54) is 25.7 Å². The Hall–Kier alpha value is 0.360. The van der Waals surface area contributed by atoms with Crippen molar-refractivity contribution < 1.29 is 9.47 Å². The summed E-state index contributed by atoms with van der Waals surface area (Å²) in [6.07, 6.45) is 6.51. The average molecular weight is 308 g/mol. The Kier molecular flexibility index (Phi) is 8.44. The standard InChI is InChI=1S/C13H26BrNO2/c1-15(8-5-9-17-11-10-16-2)13-7-4-3-6-12(13)14/h12-13H,3-11H2,1-2H3. The molecule has 0 heterocycles. The van der Waals surface area contributed by atoms with Crippen LogP contribution in [0.4, 0.5) is 0 Å². The van der Waals surface area contributed by atoms with Gasteiger partial charge in [-0.15, -0.1) is 0 Å². The molecule has 0 aromatic carbocycles. The summed E-state index contributed by atoms with van der Waals surface area (Å²) in [6.45, 7) is 3.37. The summed E-state index contributed by atoms with van der Waals surface area (Å²) in [7, 11) is 3.94. The van der Waals surface area contributed by atoms with E-state index in [1.807, 2.05) is 0 Å². The minimum Gasteiger partial charge on any atom is -0.382 e. The topological polar surface area (TPSA) is 21.7 Å². The van der Waals surface area contributed by atoms with Gasteiger partial charge in [0.05, 0.1) is 13.2 Å². The average Bonchev–Trinajstić information content (AvgIpc) is 2.34. The van der Waals surface area contributed by atoms with Gasteiger partial charge in [-0.05, 0) is 26.3 Å². The lowest BCUT2D eigenvalue weighted by molar-refractivity contribution is 0.0636.